The molecule has 1 fully saturated rings. The molecule has 108 valence electrons. The van der Waals surface area contributed by atoms with Crippen LogP contribution in [-0.2, 0) is 11.2 Å². The molecular weight excluding hydrogens is 278 g/mol. The zero-order chi connectivity index (χ0) is 14.5. The molecule has 1 saturated heterocycles. The molecule has 1 aliphatic heterocycles. The van der Waals surface area contributed by atoms with Crippen molar-refractivity contribution in [2.45, 2.75) is 6.42 Å². The van der Waals surface area contributed by atoms with E-state index in [9.17, 15) is 9.59 Å². The van der Waals surface area contributed by atoms with Crippen LogP contribution in [0, 0.1) is 0 Å². The number of halogens is 1. The van der Waals surface area contributed by atoms with Gasteiger partial charge >= 0.3 is 6.03 Å². The number of benzene rings is 1. The molecule has 0 aromatic heterocycles. The lowest BCUT2D eigenvalue weighted by Crippen LogP contribution is -2.52. The summed E-state index contributed by atoms with van der Waals surface area (Å²) in [6, 6.07) is 7.21. The Labute approximate surface area is 123 Å². The van der Waals surface area contributed by atoms with Crippen LogP contribution in [0.15, 0.2) is 24.3 Å². The number of hydrogen-bond acceptors (Lipinski definition) is 2. The van der Waals surface area contributed by atoms with Crippen molar-refractivity contribution in [3.63, 3.8) is 0 Å². The third kappa shape index (κ3) is 3.63. The molecule has 6 heteroatoms. The molecule has 0 spiro atoms. The molecule has 0 unspecified atom stereocenters. The lowest BCUT2D eigenvalue weighted by atomic mass is 10.1. The first-order valence-corrected chi connectivity index (χ1v) is 6.97. The average molecular weight is 296 g/mol. The van der Waals surface area contributed by atoms with Gasteiger partial charge in [-0.2, -0.15) is 0 Å². The van der Waals surface area contributed by atoms with Gasteiger partial charge in [0.05, 0.1) is 6.42 Å². The Balaban J connectivity index is 1.85. The van der Waals surface area contributed by atoms with Crippen LogP contribution in [-0.4, -0.2) is 55.0 Å². The molecule has 0 atom stereocenters. The number of amides is 3. The second kappa shape index (κ2) is 6.61. The molecule has 0 bridgehead atoms. The molecular formula is C14H18ClN3O2. The largest absolute Gasteiger partial charge is 0.341 e. The topological polar surface area (TPSA) is 52.7 Å². The van der Waals surface area contributed by atoms with Crippen molar-refractivity contribution in [3.05, 3.63) is 34.9 Å². The third-order valence-electron chi connectivity index (χ3n) is 3.40. The van der Waals surface area contributed by atoms with E-state index in [1.165, 1.54) is 0 Å². The van der Waals surface area contributed by atoms with E-state index in [4.69, 9.17) is 11.6 Å². The predicted molar refractivity (Wildman–Crippen MR) is 77.8 cm³/mol. The van der Waals surface area contributed by atoms with Crippen molar-refractivity contribution in [3.8, 4) is 0 Å². The predicted octanol–water partition coefficient (Wildman–Crippen LogP) is 1.37. The molecule has 20 heavy (non-hydrogen) atoms. The van der Waals surface area contributed by atoms with E-state index in [0.29, 0.717) is 37.6 Å². The molecule has 3 amide bonds. The van der Waals surface area contributed by atoms with E-state index < -0.39 is 0 Å². The van der Waals surface area contributed by atoms with Crippen LogP contribution in [0.1, 0.15) is 5.56 Å². The number of piperazine rings is 1. The Bertz CT molecular complexity index is 482. The highest BCUT2D eigenvalue weighted by atomic mass is 35.5. The van der Waals surface area contributed by atoms with Gasteiger partial charge in [0.15, 0.2) is 0 Å². The van der Waals surface area contributed by atoms with E-state index in [-0.39, 0.29) is 11.9 Å². The number of hydrogen-bond donors (Lipinski definition) is 1. The fourth-order valence-electron chi connectivity index (χ4n) is 2.21. The number of urea groups is 1. The first kappa shape index (κ1) is 14.7. The second-order valence-corrected chi connectivity index (χ2v) is 5.16. The molecule has 1 N–H and O–H groups in total. The summed E-state index contributed by atoms with van der Waals surface area (Å²) < 4.78 is 0. The van der Waals surface area contributed by atoms with Gasteiger partial charge in [-0.1, -0.05) is 23.7 Å². The summed E-state index contributed by atoms with van der Waals surface area (Å²) in [7, 11) is 1.61. The van der Waals surface area contributed by atoms with Crippen LogP contribution in [0.25, 0.3) is 0 Å². The van der Waals surface area contributed by atoms with E-state index in [1.54, 1.807) is 29.0 Å². The number of nitrogens with one attached hydrogen (secondary N) is 1. The van der Waals surface area contributed by atoms with E-state index in [1.807, 2.05) is 12.1 Å². The Morgan fingerprint density at radius 3 is 2.20 bits per heavy atom. The van der Waals surface area contributed by atoms with Crippen LogP contribution in [0.2, 0.25) is 5.02 Å². The van der Waals surface area contributed by atoms with Gasteiger partial charge in [0, 0.05) is 38.2 Å². The van der Waals surface area contributed by atoms with Crippen LogP contribution < -0.4 is 5.32 Å². The quantitative estimate of drug-likeness (QED) is 0.896. The zero-order valence-electron chi connectivity index (χ0n) is 11.4. The van der Waals surface area contributed by atoms with Crippen molar-refractivity contribution >= 4 is 23.5 Å². The Morgan fingerprint density at radius 1 is 1.10 bits per heavy atom. The van der Waals surface area contributed by atoms with Gasteiger partial charge in [-0.3, -0.25) is 4.79 Å². The highest BCUT2D eigenvalue weighted by Crippen LogP contribution is 2.11. The smallest absolute Gasteiger partial charge is 0.317 e. The van der Waals surface area contributed by atoms with E-state index >= 15 is 0 Å². The maximum absolute atomic E-state index is 12.2. The summed E-state index contributed by atoms with van der Waals surface area (Å²) in [6.45, 7) is 2.32. The Kier molecular flexibility index (Phi) is 4.84. The molecule has 1 aromatic rings. The summed E-state index contributed by atoms with van der Waals surface area (Å²) in [5.74, 6) is 0.0869. The van der Waals surface area contributed by atoms with Crippen molar-refractivity contribution in [2.24, 2.45) is 0 Å². The van der Waals surface area contributed by atoms with Crippen LogP contribution in [0.4, 0.5) is 4.79 Å². The summed E-state index contributed by atoms with van der Waals surface area (Å²) >= 11 is 5.82. The Hall–Kier alpha value is -1.75. The van der Waals surface area contributed by atoms with Gasteiger partial charge < -0.3 is 15.1 Å². The fraction of sp³-hybridized carbons (Fsp3) is 0.429. The summed E-state index contributed by atoms with van der Waals surface area (Å²) in [5.41, 5.74) is 0.952. The number of rotatable bonds is 2. The summed E-state index contributed by atoms with van der Waals surface area (Å²) in [5, 5.41) is 3.26. The summed E-state index contributed by atoms with van der Waals surface area (Å²) in [4.78, 5) is 27.2. The van der Waals surface area contributed by atoms with Crippen molar-refractivity contribution in [2.75, 3.05) is 33.2 Å². The molecule has 5 nitrogen and oxygen atoms in total. The first-order chi connectivity index (χ1) is 9.60. The van der Waals surface area contributed by atoms with Crippen molar-refractivity contribution in [1.29, 1.82) is 0 Å². The average Bonchev–Trinajstić information content (AvgIpc) is 2.49. The van der Waals surface area contributed by atoms with Gasteiger partial charge in [-0.25, -0.2) is 4.79 Å². The van der Waals surface area contributed by atoms with Crippen molar-refractivity contribution in [1.82, 2.24) is 15.1 Å². The molecule has 2 rings (SSSR count). The highest BCUT2D eigenvalue weighted by Gasteiger charge is 2.23. The minimum Gasteiger partial charge on any atom is -0.341 e. The highest BCUT2D eigenvalue weighted by molar-refractivity contribution is 6.30. The normalized spacial score (nSPS) is 15.1. The first-order valence-electron chi connectivity index (χ1n) is 6.59. The summed E-state index contributed by atoms with van der Waals surface area (Å²) in [6.07, 6.45) is 0.372. The molecule has 0 radical (unpaired) electrons. The van der Waals surface area contributed by atoms with E-state index in [2.05, 4.69) is 5.32 Å². The molecule has 0 saturated carbocycles. The van der Waals surface area contributed by atoms with Gasteiger partial charge in [0.1, 0.15) is 0 Å². The zero-order valence-corrected chi connectivity index (χ0v) is 12.2. The standard InChI is InChI=1S/C14H18ClN3O2/c1-16-14(20)18-8-6-17(7-9-18)13(19)10-11-2-4-12(15)5-3-11/h2-5H,6-10H2,1H3,(H,16,20). The van der Waals surface area contributed by atoms with Crippen LogP contribution in [0.3, 0.4) is 0 Å². The molecule has 1 aromatic carbocycles. The molecule has 1 aliphatic rings. The third-order valence-corrected chi connectivity index (χ3v) is 3.65. The van der Waals surface area contributed by atoms with Crippen LogP contribution in [0.5, 0.6) is 0 Å². The van der Waals surface area contributed by atoms with Gasteiger partial charge in [0.25, 0.3) is 0 Å². The number of carbonyl (C=O) groups excluding carboxylic acids is 2. The minimum absolute atomic E-state index is 0.0869. The van der Waals surface area contributed by atoms with Gasteiger partial charge in [0.2, 0.25) is 5.91 Å². The monoisotopic (exact) mass is 295 g/mol. The maximum Gasteiger partial charge on any atom is 0.317 e. The van der Waals surface area contributed by atoms with Crippen LogP contribution >= 0.6 is 11.6 Å². The fourth-order valence-corrected chi connectivity index (χ4v) is 2.33. The SMILES string of the molecule is CNC(=O)N1CCN(C(=O)Cc2ccc(Cl)cc2)CC1. The Morgan fingerprint density at radius 2 is 1.65 bits per heavy atom. The number of carbonyl (C=O) groups is 2. The van der Waals surface area contributed by atoms with Gasteiger partial charge in [-0.05, 0) is 17.7 Å². The number of nitrogens with zero attached hydrogens (tertiary/aromatic N) is 2. The maximum atomic E-state index is 12.2. The lowest BCUT2D eigenvalue weighted by Gasteiger charge is -2.34. The minimum atomic E-state index is -0.0881. The molecule has 0 aliphatic carbocycles. The van der Waals surface area contributed by atoms with Gasteiger partial charge in [-0.15, -0.1) is 0 Å². The van der Waals surface area contributed by atoms with Crippen molar-refractivity contribution < 1.29 is 9.59 Å². The second-order valence-electron chi connectivity index (χ2n) is 4.73. The van der Waals surface area contributed by atoms with E-state index in [0.717, 1.165) is 5.56 Å². The lowest BCUT2D eigenvalue weighted by molar-refractivity contribution is -0.131. The molecule has 1 heterocycles.